The van der Waals surface area contributed by atoms with Crippen LogP contribution in [0, 0.1) is 0 Å². The van der Waals surface area contributed by atoms with Gasteiger partial charge in [-0.1, -0.05) is 12.1 Å². The van der Waals surface area contributed by atoms with E-state index in [4.69, 9.17) is 14.2 Å². The maximum absolute atomic E-state index is 5.71. The van der Waals surface area contributed by atoms with Crippen LogP contribution in [0.4, 0.5) is 5.69 Å². The third-order valence-electron chi connectivity index (χ3n) is 3.30. The molecular weight excluding hydrogens is 266 g/mol. The Labute approximate surface area is 124 Å². The first kappa shape index (κ1) is 13.6. The first-order valence-corrected chi connectivity index (χ1v) is 7.21. The number of ether oxygens (including phenoxy) is 3. The Morgan fingerprint density at radius 2 is 1.86 bits per heavy atom. The molecule has 0 aliphatic carbocycles. The molecule has 21 heavy (non-hydrogen) atoms. The standard InChI is InChI=1S/C17H19NO3/c1-2-19-15-8-6-14(7-9-15)18-12-13-4-3-5-16-17(13)21-11-10-20-16/h3-9,18H,2,10-12H2,1H3. The Bertz CT molecular complexity index is 595. The van der Waals surface area contributed by atoms with Crippen molar-refractivity contribution in [3.8, 4) is 17.2 Å². The van der Waals surface area contributed by atoms with Crippen molar-refractivity contribution in [1.82, 2.24) is 0 Å². The van der Waals surface area contributed by atoms with Crippen LogP contribution in [0.5, 0.6) is 17.2 Å². The summed E-state index contributed by atoms with van der Waals surface area (Å²) >= 11 is 0. The maximum atomic E-state index is 5.71. The lowest BCUT2D eigenvalue weighted by atomic mass is 10.1. The summed E-state index contributed by atoms with van der Waals surface area (Å²) in [5, 5.41) is 3.39. The van der Waals surface area contributed by atoms with Crippen LogP contribution in [-0.2, 0) is 6.54 Å². The largest absolute Gasteiger partial charge is 0.494 e. The summed E-state index contributed by atoms with van der Waals surface area (Å²) in [4.78, 5) is 0. The molecule has 1 heterocycles. The summed E-state index contributed by atoms with van der Waals surface area (Å²) in [6.07, 6.45) is 0. The zero-order valence-electron chi connectivity index (χ0n) is 12.1. The molecule has 0 bridgehead atoms. The summed E-state index contributed by atoms with van der Waals surface area (Å²) < 4.78 is 16.7. The quantitative estimate of drug-likeness (QED) is 0.913. The Morgan fingerprint density at radius 1 is 1.05 bits per heavy atom. The molecule has 110 valence electrons. The zero-order chi connectivity index (χ0) is 14.5. The van der Waals surface area contributed by atoms with E-state index in [0.717, 1.165) is 28.5 Å². The second-order valence-corrected chi connectivity index (χ2v) is 4.75. The monoisotopic (exact) mass is 285 g/mol. The van der Waals surface area contributed by atoms with E-state index >= 15 is 0 Å². The first-order chi connectivity index (χ1) is 10.4. The van der Waals surface area contributed by atoms with Crippen molar-refractivity contribution in [1.29, 1.82) is 0 Å². The highest BCUT2D eigenvalue weighted by molar-refractivity contribution is 5.51. The van der Waals surface area contributed by atoms with E-state index in [9.17, 15) is 0 Å². The van der Waals surface area contributed by atoms with Gasteiger partial charge in [-0.2, -0.15) is 0 Å². The van der Waals surface area contributed by atoms with Crippen LogP contribution < -0.4 is 19.5 Å². The van der Waals surface area contributed by atoms with Crippen molar-refractivity contribution < 1.29 is 14.2 Å². The van der Waals surface area contributed by atoms with E-state index in [-0.39, 0.29) is 0 Å². The SMILES string of the molecule is CCOc1ccc(NCc2cccc3c2OCCO3)cc1. The van der Waals surface area contributed by atoms with Crippen LogP contribution in [0.3, 0.4) is 0 Å². The molecule has 0 radical (unpaired) electrons. The van der Waals surface area contributed by atoms with Crippen LogP contribution in [0.1, 0.15) is 12.5 Å². The lowest BCUT2D eigenvalue weighted by Gasteiger charge is -2.21. The van der Waals surface area contributed by atoms with Crippen molar-refractivity contribution in [2.75, 3.05) is 25.1 Å². The van der Waals surface area contributed by atoms with Gasteiger partial charge < -0.3 is 19.5 Å². The van der Waals surface area contributed by atoms with Crippen LogP contribution >= 0.6 is 0 Å². The molecule has 0 unspecified atom stereocenters. The van der Waals surface area contributed by atoms with Crippen LogP contribution in [0.25, 0.3) is 0 Å². The number of rotatable bonds is 5. The van der Waals surface area contributed by atoms with Gasteiger partial charge in [-0.15, -0.1) is 0 Å². The van der Waals surface area contributed by atoms with E-state index in [1.165, 1.54) is 0 Å². The van der Waals surface area contributed by atoms with Crippen molar-refractivity contribution in [2.45, 2.75) is 13.5 Å². The molecule has 0 fully saturated rings. The minimum atomic E-state index is 0.604. The highest BCUT2D eigenvalue weighted by Crippen LogP contribution is 2.34. The highest BCUT2D eigenvalue weighted by Gasteiger charge is 2.15. The number of nitrogens with one attached hydrogen (secondary N) is 1. The van der Waals surface area contributed by atoms with Crippen LogP contribution in [-0.4, -0.2) is 19.8 Å². The third-order valence-corrected chi connectivity index (χ3v) is 3.30. The summed E-state index contributed by atoms with van der Waals surface area (Å²) in [6.45, 7) is 4.57. The smallest absolute Gasteiger partial charge is 0.166 e. The average Bonchev–Trinajstić information content (AvgIpc) is 2.54. The molecule has 0 spiro atoms. The van der Waals surface area contributed by atoms with Gasteiger partial charge in [-0.3, -0.25) is 0 Å². The number of fused-ring (bicyclic) bond motifs is 1. The molecule has 0 atom stereocenters. The van der Waals surface area contributed by atoms with Gasteiger partial charge in [0.15, 0.2) is 11.5 Å². The Kier molecular flexibility index (Phi) is 4.15. The lowest BCUT2D eigenvalue weighted by molar-refractivity contribution is 0.170. The summed E-state index contributed by atoms with van der Waals surface area (Å²) in [5.41, 5.74) is 2.15. The normalized spacial score (nSPS) is 12.8. The maximum Gasteiger partial charge on any atom is 0.166 e. The van der Waals surface area contributed by atoms with Gasteiger partial charge in [0.25, 0.3) is 0 Å². The van der Waals surface area contributed by atoms with Gasteiger partial charge in [0.05, 0.1) is 6.61 Å². The molecule has 0 amide bonds. The minimum Gasteiger partial charge on any atom is -0.494 e. The summed E-state index contributed by atoms with van der Waals surface area (Å²) in [7, 11) is 0. The molecule has 1 N–H and O–H groups in total. The van der Waals surface area contributed by atoms with E-state index < -0.39 is 0 Å². The molecule has 3 rings (SSSR count). The van der Waals surface area contributed by atoms with Gasteiger partial charge in [-0.25, -0.2) is 0 Å². The lowest BCUT2D eigenvalue weighted by Crippen LogP contribution is -2.17. The van der Waals surface area contributed by atoms with Crippen LogP contribution in [0.15, 0.2) is 42.5 Å². The van der Waals surface area contributed by atoms with Crippen molar-refractivity contribution in [3.05, 3.63) is 48.0 Å². The van der Waals surface area contributed by atoms with Crippen molar-refractivity contribution >= 4 is 5.69 Å². The number of hydrogen-bond donors (Lipinski definition) is 1. The molecule has 0 saturated carbocycles. The van der Waals surface area contributed by atoms with Gasteiger partial charge in [-0.05, 0) is 37.3 Å². The fraction of sp³-hybridized carbons (Fsp3) is 0.294. The molecule has 4 heteroatoms. The number of hydrogen-bond acceptors (Lipinski definition) is 4. The van der Waals surface area contributed by atoms with Gasteiger partial charge in [0, 0.05) is 17.8 Å². The minimum absolute atomic E-state index is 0.604. The Balaban J connectivity index is 1.67. The fourth-order valence-corrected chi connectivity index (χ4v) is 2.31. The Hall–Kier alpha value is -2.36. The van der Waals surface area contributed by atoms with Gasteiger partial charge in [0.1, 0.15) is 19.0 Å². The van der Waals surface area contributed by atoms with E-state index in [1.54, 1.807) is 0 Å². The molecular formula is C17H19NO3. The summed E-state index contributed by atoms with van der Waals surface area (Å²) in [5.74, 6) is 2.56. The van der Waals surface area contributed by atoms with E-state index in [0.29, 0.717) is 26.4 Å². The molecule has 1 aliphatic rings. The predicted octanol–water partition coefficient (Wildman–Crippen LogP) is 3.47. The second-order valence-electron chi connectivity index (χ2n) is 4.75. The van der Waals surface area contributed by atoms with E-state index in [2.05, 4.69) is 11.4 Å². The number of para-hydroxylation sites is 1. The van der Waals surface area contributed by atoms with Crippen molar-refractivity contribution in [3.63, 3.8) is 0 Å². The van der Waals surface area contributed by atoms with Gasteiger partial charge >= 0.3 is 0 Å². The van der Waals surface area contributed by atoms with E-state index in [1.807, 2.05) is 43.3 Å². The van der Waals surface area contributed by atoms with Crippen molar-refractivity contribution in [2.24, 2.45) is 0 Å². The zero-order valence-corrected chi connectivity index (χ0v) is 12.1. The molecule has 2 aromatic carbocycles. The first-order valence-electron chi connectivity index (χ1n) is 7.21. The van der Waals surface area contributed by atoms with Crippen LogP contribution in [0.2, 0.25) is 0 Å². The highest BCUT2D eigenvalue weighted by atomic mass is 16.6. The molecule has 0 saturated heterocycles. The van der Waals surface area contributed by atoms with Gasteiger partial charge in [0.2, 0.25) is 0 Å². The topological polar surface area (TPSA) is 39.7 Å². The number of benzene rings is 2. The molecule has 4 nitrogen and oxygen atoms in total. The second kappa shape index (κ2) is 6.39. The molecule has 0 aromatic heterocycles. The third kappa shape index (κ3) is 3.21. The number of anilines is 1. The summed E-state index contributed by atoms with van der Waals surface area (Å²) in [6, 6.07) is 13.9. The average molecular weight is 285 g/mol. The Morgan fingerprint density at radius 3 is 2.67 bits per heavy atom. The molecule has 1 aliphatic heterocycles. The fourth-order valence-electron chi connectivity index (χ4n) is 2.31. The predicted molar refractivity (Wildman–Crippen MR) is 82.4 cm³/mol. The molecule has 2 aromatic rings.